The van der Waals surface area contributed by atoms with Crippen LogP contribution < -0.4 is 10.6 Å². The van der Waals surface area contributed by atoms with Crippen LogP contribution in [0.15, 0.2) is 30.9 Å². The van der Waals surface area contributed by atoms with Crippen LogP contribution in [0, 0.1) is 0 Å². The highest BCUT2D eigenvalue weighted by Gasteiger charge is 2.45. The number of benzene rings is 1. The van der Waals surface area contributed by atoms with Gasteiger partial charge in [0.25, 0.3) is 11.8 Å². The van der Waals surface area contributed by atoms with Gasteiger partial charge in [-0.25, -0.2) is 0 Å². The molecule has 40 heavy (non-hydrogen) atoms. The van der Waals surface area contributed by atoms with Crippen LogP contribution in [0.3, 0.4) is 0 Å². The Labute approximate surface area is 233 Å². The van der Waals surface area contributed by atoms with Crippen molar-refractivity contribution in [3.8, 4) is 0 Å². The molecule has 218 valence electrons. The molecule has 0 aromatic heterocycles. The van der Waals surface area contributed by atoms with Gasteiger partial charge in [0.2, 0.25) is 17.7 Å². The summed E-state index contributed by atoms with van der Waals surface area (Å²) in [7, 11) is 0. The fourth-order valence-electron chi connectivity index (χ4n) is 4.32. The predicted molar refractivity (Wildman–Crippen MR) is 144 cm³/mol. The van der Waals surface area contributed by atoms with Crippen LogP contribution in [0.4, 0.5) is 5.69 Å². The van der Waals surface area contributed by atoms with Crippen molar-refractivity contribution in [1.29, 1.82) is 0 Å². The lowest BCUT2D eigenvalue weighted by atomic mass is 10.0. The zero-order chi connectivity index (χ0) is 28.7. The average Bonchev–Trinajstić information content (AvgIpc) is 3.18. The van der Waals surface area contributed by atoms with Crippen molar-refractivity contribution in [3.63, 3.8) is 0 Å². The molecule has 0 bridgehead atoms. The molecule has 2 aliphatic rings. The zero-order valence-electron chi connectivity index (χ0n) is 22.6. The van der Waals surface area contributed by atoms with Gasteiger partial charge in [0, 0.05) is 19.4 Å². The van der Waals surface area contributed by atoms with Crippen molar-refractivity contribution >= 4 is 35.2 Å². The van der Waals surface area contributed by atoms with Gasteiger partial charge in [0.1, 0.15) is 6.04 Å². The number of amides is 5. The summed E-state index contributed by atoms with van der Waals surface area (Å²) in [4.78, 5) is 63.1. The van der Waals surface area contributed by atoms with Gasteiger partial charge >= 0.3 is 0 Å². The molecule has 1 aromatic carbocycles. The minimum Gasteiger partial charge on any atom is -0.379 e. The molecule has 1 fully saturated rings. The van der Waals surface area contributed by atoms with E-state index in [4.69, 9.17) is 18.9 Å². The first-order valence-electron chi connectivity index (χ1n) is 13.5. The van der Waals surface area contributed by atoms with Gasteiger partial charge in [-0.1, -0.05) is 18.6 Å². The molecule has 1 atom stereocenters. The molecule has 12 nitrogen and oxygen atoms in total. The third-order valence-corrected chi connectivity index (χ3v) is 6.29. The molecule has 12 heteroatoms. The lowest BCUT2D eigenvalue weighted by molar-refractivity contribution is -0.136. The number of imide groups is 2. The fraction of sp³-hybridized carbons (Fsp3) is 0.536. The first-order chi connectivity index (χ1) is 19.4. The van der Waals surface area contributed by atoms with E-state index in [1.165, 1.54) is 6.07 Å². The SMILES string of the molecule is C=CCOCCOCCOCCOCCCCCC(=O)Nc1cccc2c1C(=O)N(C1CCC(=O)NC1=O)C2=O. The Balaban J connectivity index is 1.29. The van der Waals surface area contributed by atoms with E-state index in [1.807, 2.05) is 0 Å². The lowest BCUT2D eigenvalue weighted by Crippen LogP contribution is -2.54. The number of carbonyl (C=O) groups excluding carboxylic acids is 5. The van der Waals surface area contributed by atoms with E-state index in [2.05, 4.69) is 17.2 Å². The summed E-state index contributed by atoms with van der Waals surface area (Å²) in [5.74, 6) is -2.68. The standard InChI is InChI=1S/C28H37N3O9/c1-2-12-37-14-16-39-18-19-40-17-15-38-13-5-3-4-9-23(32)29-21-8-6-7-20-25(21)28(36)31(27(20)35)22-10-11-24(33)30-26(22)34/h2,6-8,22H,1,3-5,9-19H2,(H,29,32)(H,30,33,34). The first kappa shape index (κ1) is 31.1. The van der Waals surface area contributed by atoms with E-state index in [9.17, 15) is 24.0 Å². The molecular weight excluding hydrogens is 522 g/mol. The number of fused-ring (bicyclic) bond motifs is 1. The van der Waals surface area contributed by atoms with E-state index in [-0.39, 0.29) is 42.0 Å². The van der Waals surface area contributed by atoms with Crippen LogP contribution in [-0.2, 0) is 33.3 Å². The van der Waals surface area contributed by atoms with Gasteiger partial charge in [-0.3, -0.25) is 34.2 Å². The maximum atomic E-state index is 13.1. The summed E-state index contributed by atoms with van der Waals surface area (Å²) < 4.78 is 21.5. The number of piperidine rings is 1. The molecule has 0 radical (unpaired) electrons. The summed E-state index contributed by atoms with van der Waals surface area (Å²) in [5.41, 5.74) is 0.408. The first-order valence-corrected chi connectivity index (χ1v) is 13.5. The topological polar surface area (TPSA) is 150 Å². The Morgan fingerprint density at radius 3 is 2.27 bits per heavy atom. The third kappa shape index (κ3) is 9.05. The smallest absolute Gasteiger partial charge is 0.264 e. The number of unbranched alkanes of at least 4 members (excludes halogenated alkanes) is 2. The lowest BCUT2D eigenvalue weighted by Gasteiger charge is -2.27. The summed E-state index contributed by atoms with van der Waals surface area (Å²) >= 11 is 0. The fourth-order valence-corrected chi connectivity index (χ4v) is 4.32. The highest BCUT2D eigenvalue weighted by atomic mass is 16.6. The highest BCUT2D eigenvalue weighted by Crippen LogP contribution is 2.32. The number of ether oxygens (including phenoxy) is 4. The number of hydrogen-bond acceptors (Lipinski definition) is 9. The normalized spacial score (nSPS) is 16.7. The molecule has 5 amide bonds. The quantitative estimate of drug-likeness (QED) is 0.147. The monoisotopic (exact) mass is 559 g/mol. The van der Waals surface area contributed by atoms with Crippen molar-refractivity contribution in [3.05, 3.63) is 42.0 Å². The Hall–Kier alpha value is -3.45. The van der Waals surface area contributed by atoms with Gasteiger partial charge in [-0.2, -0.15) is 0 Å². The van der Waals surface area contributed by atoms with Crippen LogP contribution in [-0.4, -0.2) is 93.3 Å². The van der Waals surface area contributed by atoms with Crippen molar-refractivity contribution in [2.75, 3.05) is 58.2 Å². The van der Waals surface area contributed by atoms with E-state index in [1.54, 1.807) is 18.2 Å². The molecule has 0 spiro atoms. The van der Waals surface area contributed by atoms with Crippen molar-refractivity contribution in [2.45, 2.75) is 44.6 Å². The average molecular weight is 560 g/mol. The van der Waals surface area contributed by atoms with Crippen molar-refractivity contribution < 1.29 is 42.9 Å². The molecule has 0 saturated carbocycles. The number of anilines is 1. The second kappa shape index (κ2) is 16.6. The maximum Gasteiger partial charge on any atom is 0.264 e. The summed E-state index contributed by atoms with van der Waals surface area (Å²) in [6.07, 6.45) is 4.23. The van der Waals surface area contributed by atoms with Crippen molar-refractivity contribution in [1.82, 2.24) is 10.2 Å². The largest absolute Gasteiger partial charge is 0.379 e. The Kier molecular flexibility index (Phi) is 12.9. The van der Waals surface area contributed by atoms with Gasteiger partial charge in [-0.05, 0) is 31.4 Å². The van der Waals surface area contributed by atoms with E-state index in [0.717, 1.165) is 17.7 Å². The number of carbonyl (C=O) groups is 5. The second-order valence-corrected chi connectivity index (χ2v) is 9.23. The molecule has 0 aliphatic carbocycles. The summed E-state index contributed by atoms with van der Waals surface area (Å²) in [6, 6.07) is 3.55. The predicted octanol–water partition coefficient (Wildman–Crippen LogP) is 1.84. The van der Waals surface area contributed by atoms with Crippen LogP contribution in [0.1, 0.15) is 59.2 Å². The Morgan fingerprint density at radius 2 is 1.60 bits per heavy atom. The molecule has 3 rings (SSSR count). The Morgan fingerprint density at radius 1 is 0.925 bits per heavy atom. The Bertz CT molecular complexity index is 1080. The highest BCUT2D eigenvalue weighted by molar-refractivity contribution is 6.26. The molecule has 2 N–H and O–H groups in total. The summed E-state index contributed by atoms with van der Waals surface area (Å²) in [5, 5.41) is 4.89. The molecule has 2 heterocycles. The van der Waals surface area contributed by atoms with E-state index in [0.29, 0.717) is 59.3 Å². The molecule has 1 unspecified atom stereocenters. The zero-order valence-corrected chi connectivity index (χ0v) is 22.6. The van der Waals surface area contributed by atoms with Gasteiger partial charge in [0.05, 0.1) is 63.1 Å². The minimum absolute atomic E-state index is 0.0370. The van der Waals surface area contributed by atoms with Gasteiger partial charge in [0.15, 0.2) is 0 Å². The van der Waals surface area contributed by atoms with Crippen molar-refractivity contribution in [2.24, 2.45) is 0 Å². The molecule has 1 saturated heterocycles. The molecule has 2 aliphatic heterocycles. The van der Waals surface area contributed by atoms with E-state index < -0.39 is 29.7 Å². The maximum absolute atomic E-state index is 13.1. The number of nitrogens with zero attached hydrogens (tertiary/aromatic N) is 1. The van der Waals surface area contributed by atoms with Crippen LogP contribution in [0.2, 0.25) is 0 Å². The van der Waals surface area contributed by atoms with Gasteiger partial charge in [-0.15, -0.1) is 6.58 Å². The van der Waals surface area contributed by atoms with Gasteiger partial charge < -0.3 is 24.3 Å². The van der Waals surface area contributed by atoms with Crippen LogP contribution >= 0.6 is 0 Å². The van der Waals surface area contributed by atoms with Crippen LogP contribution in [0.5, 0.6) is 0 Å². The minimum atomic E-state index is -1.06. The number of rotatable bonds is 19. The number of hydrogen-bond donors (Lipinski definition) is 2. The summed E-state index contributed by atoms with van der Waals surface area (Å²) in [6.45, 7) is 7.61. The second-order valence-electron chi connectivity index (χ2n) is 9.23. The van der Waals surface area contributed by atoms with Crippen LogP contribution in [0.25, 0.3) is 0 Å². The third-order valence-electron chi connectivity index (χ3n) is 6.29. The molecular formula is C28H37N3O9. The van der Waals surface area contributed by atoms with E-state index >= 15 is 0 Å². The molecule has 1 aromatic rings. The number of nitrogens with one attached hydrogen (secondary N) is 2.